The Balaban J connectivity index is 2.70. The quantitative estimate of drug-likeness (QED) is 0.778. The second-order valence-electron chi connectivity index (χ2n) is 3.41. The molecule has 0 aliphatic carbocycles. The average Bonchev–Trinajstić information content (AvgIpc) is 2.12. The van der Waals surface area contributed by atoms with Crippen molar-refractivity contribution in [2.45, 2.75) is 32.8 Å². The molecule has 1 rings (SSSR count). The SMILES string of the molecule is CCCC(C)Oc1cc(N)ccc1Cl. The Morgan fingerprint density at radius 2 is 2.21 bits per heavy atom. The summed E-state index contributed by atoms with van der Waals surface area (Å²) in [5, 5.41) is 0.613. The van der Waals surface area contributed by atoms with Crippen LogP contribution in [0.1, 0.15) is 26.7 Å². The molecule has 1 unspecified atom stereocenters. The van der Waals surface area contributed by atoms with Crippen molar-refractivity contribution in [2.75, 3.05) is 5.73 Å². The lowest BCUT2D eigenvalue weighted by atomic mass is 10.2. The molecule has 0 spiro atoms. The molecule has 78 valence electrons. The third kappa shape index (κ3) is 3.11. The molecule has 0 amide bonds. The molecule has 0 aliphatic heterocycles. The van der Waals surface area contributed by atoms with E-state index in [2.05, 4.69) is 6.92 Å². The molecule has 0 heterocycles. The third-order valence-electron chi connectivity index (χ3n) is 1.98. The highest BCUT2D eigenvalue weighted by Gasteiger charge is 2.06. The maximum absolute atomic E-state index is 5.96. The summed E-state index contributed by atoms with van der Waals surface area (Å²) in [6.45, 7) is 4.16. The van der Waals surface area contributed by atoms with Gasteiger partial charge in [-0.3, -0.25) is 0 Å². The Kier molecular flexibility index (Phi) is 4.08. The van der Waals surface area contributed by atoms with Gasteiger partial charge in [0.25, 0.3) is 0 Å². The smallest absolute Gasteiger partial charge is 0.140 e. The summed E-state index contributed by atoms with van der Waals surface area (Å²) in [4.78, 5) is 0. The van der Waals surface area contributed by atoms with Crippen LogP contribution in [-0.2, 0) is 0 Å². The number of rotatable bonds is 4. The summed E-state index contributed by atoms with van der Waals surface area (Å²) in [5.41, 5.74) is 6.31. The lowest BCUT2D eigenvalue weighted by Crippen LogP contribution is -2.11. The van der Waals surface area contributed by atoms with Gasteiger partial charge in [-0.25, -0.2) is 0 Å². The van der Waals surface area contributed by atoms with E-state index in [0.717, 1.165) is 12.8 Å². The van der Waals surface area contributed by atoms with Crippen molar-refractivity contribution in [1.29, 1.82) is 0 Å². The molecule has 14 heavy (non-hydrogen) atoms. The van der Waals surface area contributed by atoms with Crippen LogP contribution in [0.25, 0.3) is 0 Å². The molecule has 3 heteroatoms. The van der Waals surface area contributed by atoms with Crippen molar-refractivity contribution in [3.8, 4) is 5.75 Å². The Labute approximate surface area is 90.0 Å². The van der Waals surface area contributed by atoms with Crippen molar-refractivity contribution >= 4 is 17.3 Å². The molecule has 1 atom stereocenters. The monoisotopic (exact) mass is 213 g/mol. The zero-order valence-corrected chi connectivity index (χ0v) is 9.34. The standard InChI is InChI=1S/C11H16ClNO/c1-3-4-8(2)14-11-7-9(13)5-6-10(11)12/h5-8H,3-4,13H2,1-2H3. The van der Waals surface area contributed by atoms with Gasteiger partial charge in [-0.1, -0.05) is 24.9 Å². The van der Waals surface area contributed by atoms with Gasteiger partial charge in [0.15, 0.2) is 0 Å². The fourth-order valence-corrected chi connectivity index (χ4v) is 1.45. The van der Waals surface area contributed by atoms with Gasteiger partial charge in [-0.15, -0.1) is 0 Å². The number of ether oxygens (including phenoxy) is 1. The zero-order valence-electron chi connectivity index (χ0n) is 8.59. The molecule has 2 nitrogen and oxygen atoms in total. The highest BCUT2D eigenvalue weighted by molar-refractivity contribution is 6.32. The van der Waals surface area contributed by atoms with E-state index in [0.29, 0.717) is 16.5 Å². The lowest BCUT2D eigenvalue weighted by molar-refractivity contribution is 0.210. The molecule has 1 aromatic rings. The molecular formula is C11H16ClNO. The van der Waals surface area contributed by atoms with Crippen LogP contribution in [-0.4, -0.2) is 6.10 Å². The van der Waals surface area contributed by atoms with Crippen molar-refractivity contribution in [1.82, 2.24) is 0 Å². The highest BCUT2D eigenvalue weighted by Crippen LogP contribution is 2.27. The first kappa shape index (κ1) is 11.2. The van der Waals surface area contributed by atoms with Gasteiger partial charge in [-0.2, -0.15) is 0 Å². The van der Waals surface area contributed by atoms with Gasteiger partial charge in [0.05, 0.1) is 11.1 Å². The Bertz CT molecular complexity index is 301. The van der Waals surface area contributed by atoms with Crippen molar-refractivity contribution in [3.63, 3.8) is 0 Å². The van der Waals surface area contributed by atoms with E-state index in [9.17, 15) is 0 Å². The van der Waals surface area contributed by atoms with Crippen LogP contribution in [0.15, 0.2) is 18.2 Å². The molecule has 0 bridgehead atoms. The Morgan fingerprint density at radius 1 is 1.50 bits per heavy atom. The fraction of sp³-hybridized carbons (Fsp3) is 0.455. The number of anilines is 1. The van der Waals surface area contributed by atoms with Crippen LogP contribution in [0, 0.1) is 0 Å². The predicted molar refractivity (Wildman–Crippen MR) is 60.9 cm³/mol. The van der Waals surface area contributed by atoms with Crippen LogP contribution >= 0.6 is 11.6 Å². The van der Waals surface area contributed by atoms with Gasteiger partial charge in [0, 0.05) is 11.8 Å². The van der Waals surface area contributed by atoms with Crippen molar-refractivity contribution in [3.05, 3.63) is 23.2 Å². The van der Waals surface area contributed by atoms with Gasteiger partial charge < -0.3 is 10.5 Å². The Hall–Kier alpha value is -0.890. The van der Waals surface area contributed by atoms with Crippen LogP contribution in [0.3, 0.4) is 0 Å². The summed E-state index contributed by atoms with van der Waals surface area (Å²) in [7, 11) is 0. The van der Waals surface area contributed by atoms with E-state index in [1.54, 1.807) is 18.2 Å². The number of hydrogen-bond acceptors (Lipinski definition) is 2. The lowest BCUT2D eigenvalue weighted by Gasteiger charge is -2.15. The normalized spacial score (nSPS) is 12.5. The minimum absolute atomic E-state index is 0.180. The third-order valence-corrected chi connectivity index (χ3v) is 2.29. The van der Waals surface area contributed by atoms with E-state index >= 15 is 0 Å². The van der Waals surface area contributed by atoms with Crippen molar-refractivity contribution < 1.29 is 4.74 Å². The predicted octanol–water partition coefficient (Wildman–Crippen LogP) is 3.49. The van der Waals surface area contributed by atoms with E-state index in [4.69, 9.17) is 22.1 Å². The van der Waals surface area contributed by atoms with E-state index in [-0.39, 0.29) is 6.10 Å². The molecular weight excluding hydrogens is 198 g/mol. The molecule has 1 aromatic carbocycles. The average molecular weight is 214 g/mol. The second kappa shape index (κ2) is 5.11. The molecule has 0 saturated heterocycles. The molecule has 0 radical (unpaired) electrons. The summed E-state index contributed by atoms with van der Waals surface area (Å²) in [5.74, 6) is 0.674. The molecule has 0 saturated carbocycles. The first-order valence-corrected chi connectivity index (χ1v) is 5.23. The van der Waals surface area contributed by atoms with Crippen LogP contribution in [0.2, 0.25) is 5.02 Å². The number of nitrogens with two attached hydrogens (primary N) is 1. The minimum atomic E-state index is 0.180. The number of benzene rings is 1. The number of nitrogen functional groups attached to an aromatic ring is 1. The number of hydrogen-bond donors (Lipinski definition) is 1. The molecule has 2 N–H and O–H groups in total. The second-order valence-corrected chi connectivity index (χ2v) is 3.81. The minimum Gasteiger partial charge on any atom is -0.489 e. The van der Waals surface area contributed by atoms with Crippen LogP contribution in [0.4, 0.5) is 5.69 Å². The topological polar surface area (TPSA) is 35.2 Å². The van der Waals surface area contributed by atoms with Gasteiger partial charge in [0.1, 0.15) is 5.75 Å². The van der Waals surface area contributed by atoms with E-state index in [1.807, 2.05) is 6.92 Å². The largest absolute Gasteiger partial charge is 0.489 e. The summed E-state index contributed by atoms with van der Waals surface area (Å²) in [6, 6.07) is 5.28. The Morgan fingerprint density at radius 3 is 2.86 bits per heavy atom. The highest BCUT2D eigenvalue weighted by atomic mass is 35.5. The van der Waals surface area contributed by atoms with Gasteiger partial charge in [-0.05, 0) is 25.5 Å². The van der Waals surface area contributed by atoms with E-state index in [1.165, 1.54) is 0 Å². The molecule has 0 fully saturated rings. The maximum Gasteiger partial charge on any atom is 0.140 e. The van der Waals surface area contributed by atoms with Crippen LogP contribution in [0.5, 0.6) is 5.75 Å². The van der Waals surface area contributed by atoms with Gasteiger partial charge >= 0.3 is 0 Å². The van der Waals surface area contributed by atoms with E-state index < -0.39 is 0 Å². The summed E-state index contributed by atoms with van der Waals surface area (Å²) < 4.78 is 5.65. The molecule has 0 aromatic heterocycles. The summed E-state index contributed by atoms with van der Waals surface area (Å²) >= 11 is 5.96. The first-order valence-electron chi connectivity index (χ1n) is 4.85. The van der Waals surface area contributed by atoms with Crippen LogP contribution < -0.4 is 10.5 Å². The first-order chi connectivity index (χ1) is 6.63. The molecule has 0 aliphatic rings. The van der Waals surface area contributed by atoms with Crippen molar-refractivity contribution in [2.24, 2.45) is 0 Å². The number of halogens is 1. The van der Waals surface area contributed by atoms with Gasteiger partial charge in [0.2, 0.25) is 0 Å². The fourth-order valence-electron chi connectivity index (χ4n) is 1.29. The summed E-state index contributed by atoms with van der Waals surface area (Å²) in [6.07, 6.45) is 2.30. The zero-order chi connectivity index (χ0) is 10.6. The maximum atomic E-state index is 5.96.